The molecule has 0 atom stereocenters. The lowest BCUT2D eigenvalue weighted by atomic mass is 10.2. The number of nitrogens with zero attached hydrogens (tertiary/aromatic N) is 1. The van der Waals surface area contributed by atoms with E-state index < -0.39 is 11.8 Å². The van der Waals surface area contributed by atoms with Gasteiger partial charge in [0.2, 0.25) is 0 Å². The highest BCUT2D eigenvalue weighted by Gasteiger charge is 2.17. The third kappa shape index (κ3) is 4.01. The topological polar surface area (TPSA) is 90.8 Å². The Bertz CT molecular complexity index is 1000. The monoisotopic (exact) mass is 387 g/mol. The number of benzene rings is 2. The Hall–Kier alpha value is -2.90. The van der Waals surface area contributed by atoms with Crippen molar-refractivity contribution in [2.75, 3.05) is 6.54 Å². The van der Waals surface area contributed by atoms with Crippen molar-refractivity contribution < 1.29 is 14.7 Å². The van der Waals surface area contributed by atoms with E-state index in [1.807, 2.05) is 24.3 Å². The van der Waals surface area contributed by atoms with Gasteiger partial charge in [-0.3, -0.25) is 9.59 Å². The van der Waals surface area contributed by atoms with Gasteiger partial charge in [-0.1, -0.05) is 41.9 Å². The molecule has 3 N–H and O–H groups in total. The first kappa shape index (κ1) is 17.9. The summed E-state index contributed by atoms with van der Waals surface area (Å²) in [6.45, 7) is -0.248. The number of carbonyl (C=O) groups excluding carboxylic acids is 2. The molecule has 0 saturated carbocycles. The zero-order chi connectivity index (χ0) is 18.5. The summed E-state index contributed by atoms with van der Waals surface area (Å²) in [5, 5.41) is 17.0. The van der Waals surface area contributed by atoms with Crippen LogP contribution in [0.5, 0.6) is 5.75 Å². The van der Waals surface area contributed by atoms with Gasteiger partial charge in [-0.15, -0.1) is 11.3 Å². The van der Waals surface area contributed by atoms with Crippen LogP contribution in [0.2, 0.25) is 5.02 Å². The smallest absolute Gasteiger partial charge is 0.263 e. The van der Waals surface area contributed by atoms with Gasteiger partial charge in [0, 0.05) is 15.6 Å². The van der Waals surface area contributed by atoms with Crippen LogP contribution < -0.4 is 10.7 Å². The third-order valence-corrected chi connectivity index (χ3v) is 5.15. The van der Waals surface area contributed by atoms with Crippen LogP contribution in [0.15, 0.2) is 53.6 Å². The molecule has 0 fully saturated rings. The number of amides is 2. The molecule has 2 amide bonds. The van der Waals surface area contributed by atoms with Gasteiger partial charge in [0.25, 0.3) is 11.8 Å². The van der Waals surface area contributed by atoms with E-state index in [1.165, 1.54) is 23.6 Å². The molecular formula is C18H14ClN3O3S. The zero-order valence-corrected chi connectivity index (χ0v) is 15.0. The number of fused-ring (bicyclic) bond motifs is 1. The highest BCUT2D eigenvalue weighted by atomic mass is 35.5. The number of hydrogen-bond donors (Lipinski definition) is 3. The highest BCUT2D eigenvalue weighted by Crippen LogP contribution is 2.34. The number of nitrogens with one attached hydrogen (secondary N) is 2. The second-order valence-electron chi connectivity index (χ2n) is 5.28. The molecule has 3 aromatic rings. The molecule has 1 aromatic heterocycles. The van der Waals surface area contributed by atoms with Crippen LogP contribution in [0.3, 0.4) is 0 Å². The van der Waals surface area contributed by atoms with Crippen molar-refractivity contribution in [1.29, 1.82) is 0 Å². The first-order valence-electron chi connectivity index (χ1n) is 7.61. The molecule has 0 unspecified atom stereocenters. The zero-order valence-electron chi connectivity index (χ0n) is 13.4. The summed E-state index contributed by atoms with van der Waals surface area (Å²) in [5.74, 6) is -0.864. The molecule has 0 bridgehead atoms. The maximum atomic E-state index is 12.2. The fourth-order valence-electron chi connectivity index (χ4n) is 2.21. The van der Waals surface area contributed by atoms with Crippen molar-refractivity contribution in [1.82, 2.24) is 10.7 Å². The predicted molar refractivity (Wildman–Crippen MR) is 103 cm³/mol. The van der Waals surface area contributed by atoms with Crippen molar-refractivity contribution in [2.45, 2.75) is 0 Å². The van der Waals surface area contributed by atoms with Crippen LogP contribution in [0.1, 0.15) is 15.2 Å². The minimum atomic E-state index is -0.498. The van der Waals surface area contributed by atoms with Gasteiger partial charge < -0.3 is 10.4 Å². The highest BCUT2D eigenvalue weighted by molar-refractivity contribution is 7.21. The Morgan fingerprint density at radius 3 is 2.65 bits per heavy atom. The molecule has 3 rings (SSSR count). The second-order valence-corrected chi connectivity index (χ2v) is 6.71. The van der Waals surface area contributed by atoms with E-state index in [1.54, 1.807) is 18.2 Å². The number of aromatic hydroxyl groups is 1. The number of hydrazone groups is 1. The summed E-state index contributed by atoms with van der Waals surface area (Å²) >= 11 is 7.50. The van der Waals surface area contributed by atoms with Crippen molar-refractivity contribution in [3.8, 4) is 5.75 Å². The summed E-state index contributed by atoms with van der Waals surface area (Å²) in [4.78, 5) is 24.4. The minimum Gasteiger partial charge on any atom is -0.507 e. The largest absolute Gasteiger partial charge is 0.507 e. The first-order chi connectivity index (χ1) is 12.6. The van der Waals surface area contributed by atoms with Crippen molar-refractivity contribution in [3.63, 3.8) is 0 Å². The van der Waals surface area contributed by atoms with E-state index in [0.717, 1.165) is 10.1 Å². The average Bonchev–Trinajstić information content (AvgIpc) is 2.98. The Balaban J connectivity index is 1.56. The van der Waals surface area contributed by atoms with Crippen molar-refractivity contribution in [3.05, 3.63) is 64.0 Å². The van der Waals surface area contributed by atoms with Crippen molar-refractivity contribution >= 4 is 51.1 Å². The van der Waals surface area contributed by atoms with Crippen LogP contribution in [0.25, 0.3) is 10.1 Å². The average molecular weight is 388 g/mol. The molecule has 2 aromatic carbocycles. The van der Waals surface area contributed by atoms with Crippen LogP contribution >= 0.6 is 22.9 Å². The van der Waals surface area contributed by atoms with E-state index >= 15 is 0 Å². The van der Waals surface area contributed by atoms with E-state index in [9.17, 15) is 14.7 Å². The van der Waals surface area contributed by atoms with Gasteiger partial charge >= 0.3 is 0 Å². The van der Waals surface area contributed by atoms with Crippen LogP contribution in [0, 0.1) is 0 Å². The van der Waals surface area contributed by atoms with E-state index in [-0.39, 0.29) is 12.3 Å². The lowest BCUT2D eigenvalue weighted by molar-refractivity contribution is -0.120. The normalized spacial score (nSPS) is 11.0. The Morgan fingerprint density at radius 2 is 1.88 bits per heavy atom. The van der Waals surface area contributed by atoms with E-state index in [4.69, 9.17) is 11.6 Å². The number of phenols is 1. The maximum absolute atomic E-state index is 12.2. The van der Waals surface area contributed by atoms with E-state index in [0.29, 0.717) is 15.5 Å². The van der Waals surface area contributed by atoms with Crippen LogP contribution in [-0.4, -0.2) is 29.7 Å². The van der Waals surface area contributed by atoms with Gasteiger partial charge in [0.05, 0.1) is 17.8 Å². The van der Waals surface area contributed by atoms with Gasteiger partial charge in [-0.05, 0) is 18.2 Å². The van der Waals surface area contributed by atoms with E-state index in [2.05, 4.69) is 15.8 Å². The van der Waals surface area contributed by atoms with Gasteiger partial charge in [0.1, 0.15) is 10.6 Å². The molecule has 8 heteroatoms. The van der Waals surface area contributed by atoms with Crippen LogP contribution in [-0.2, 0) is 4.79 Å². The fraction of sp³-hybridized carbons (Fsp3) is 0.0556. The summed E-state index contributed by atoms with van der Waals surface area (Å²) in [7, 11) is 0. The molecule has 0 aliphatic carbocycles. The fourth-order valence-corrected chi connectivity index (χ4v) is 3.64. The first-order valence-corrected chi connectivity index (χ1v) is 8.81. The number of hydrogen-bond acceptors (Lipinski definition) is 5. The third-order valence-electron chi connectivity index (χ3n) is 3.48. The van der Waals surface area contributed by atoms with Gasteiger partial charge in [0.15, 0.2) is 0 Å². The van der Waals surface area contributed by atoms with Gasteiger partial charge in [-0.2, -0.15) is 5.10 Å². The Morgan fingerprint density at radius 1 is 1.15 bits per heavy atom. The standard InChI is InChI=1S/C18H14ClN3O3S/c19-16-12-6-2-4-8-14(12)26-17(16)18(25)20-10-15(24)22-21-9-11-5-1-3-7-13(11)23/h1-9,23H,10H2,(H,20,25)(H,22,24)/b21-9-. The molecule has 0 aliphatic rings. The predicted octanol–water partition coefficient (Wildman–Crippen LogP) is 3.14. The summed E-state index contributed by atoms with van der Waals surface area (Å²) in [5.41, 5.74) is 2.75. The molecule has 0 aliphatic heterocycles. The van der Waals surface area contributed by atoms with Gasteiger partial charge in [-0.25, -0.2) is 5.43 Å². The quantitative estimate of drug-likeness (QED) is 0.464. The molecule has 1 heterocycles. The molecule has 0 saturated heterocycles. The number of para-hydroxylation sites is 1. The molecule has 0 radical (unpaired) electrons. The Kier molecular flexibility index (Phi) is 5.50. The molecule has 26 heavy (non-hydrogen) atoms. The van der Waals surface area contributed by atoms with Crippen molar-refractivity contribution in [2.24, 2.45) is 5.10 Å². The van der Waals surface area contributed by atoms with Crippen LogP contribution in [0.4, 0.5) is 0 Å². The molecular weight excluding hydrogens is 374 g/mol. The number of phenolic OH excluding ortho intramolecular Hbond substituents is 1. The SMILES string of the molecule is O=C(CNC(=O)c1sc2ccccc2c1Cl)N/N=C\c1ccccc1O. The second kappa shape index (κ2) is 7.99. The Labute approximate surface area is 158 Å². The maximum Gasteiger partial charge on any atom is 0.263 e. The summed E-state index contributed by atoms with van der Waals surface area (Å²) in [6, 6.07) is 14.0. The number of halogens is 1. The summed E-state index contributed by atoms with van der Waals surface area (Å²) < 4.78 is 0.902. The molecule has 0 spiro atoms. The lowest BCUT2D eigenvalue weighted by Crippen LogP contribution is -2.34. The lowest BCUT2D eigenvalue weighted by Gasteiger charge is -2.03. The molecule has 6 nitrogen and oxygen atoms in total. The number of thiophene rings is 1. The summed E-state index contributed by atoms with van der Waals surface area (Å²) in [6.07, 6.45) is 1.32. The molecule has 132 valence electrons. The minimum absolute atomic E-state index is 0.0539. The number of rotatable bonds is 5. The number of carbonyl (C=O) groups is 2.